The zero-order valence-corrected chi connectivity index (χ0v) is 12.1. The molecule has 0 radical (unpaired) electrons. The second-order valence-electron chi connectivity index (χ2n) is 5.05. The van der Waals surface area contributed by atoms with E-state index in [9.17, 15) is 8.78 Å². The molecule has 0 fully saturated rings. The minimum absolute atomic E-state index is 0.0452. The smallest absolute Gasteiger partial charge is 0.265 e. The fraction of sp³-hybridized carbons (Fsp3) is 0.400. The van der Waals surface area contributed by atoms with Crippen molar-refractivity contribution in [1.29, 1.82) is 0 Å². The van der Waals surface area contributed by atoms with Gasteiger partial charge in [-0.15, -0.1) is 0 Å². The number of aryl methyl sites for hydroxylation is 2. The predicted octanol–water partition coefficient (Wildman–Crippen LogP) is 4.76. The average Bonchev–Trinajstić information content (AvgIpc) is 2.88. The minimum atomic E-state index is -2.59. The van der Waals surface area contributed by atoms with Gasteiger partial charge in [-0.3, -0.25) is 0 Å². The lowest BCUT2D eigenvalue weighted by Gasteiger charge is -2.10. The highest BCUT2D eigenvalue weighted by atomic mass is 35.5. The number of rotatable bonds is 4. The summed E-state index contributed by atoms with van der Waals surface area (Å²) in [6, 6.07) is 4.54. The Morgan fingerprint density at radius 2 is 2.10 bits per heavy atom. The van der Waals surface area contributed by atoms with E-state index in [4.69, 9.17) is 16.0 Å². The first-order chi connectivity index (χ1) is 10.1. The van der Waals surface area contributed by atoms with E-state index in [2.05, 4.69) is 10.3 Å². The first-order valence-electron chi connectivity index (χ1n) is 6.93. The van der Waals surface area contributed by atoms with Crippen molar-refractivity contribution < 1.29 is 13.2 Å². The highest BCUT2D eigenvalue weighted by molar-refractivity contribution is 6.34. The monoisotopic (exact) mass is 312 g/mol. The van der Waals surface area contributed by atoms with Crippen LogP contribution in [0.15, 0.2) is 22.6 Å². The summed E-state index contributed by atoms with van der Waals surface area (Å²) in [5.41, 5.74) is 1.31. The number of benzene rings is 1. The molecule has 3 rings (SSSR count). The van der Waals surface area contributed by atoms with Crippen LogP contribution in [0.5, 0.6) is 0 Å². The van der Waals surface area contributed by atoms with Gasteiger partial charge in [0.1, 0.15) is 5.76 Å². The van der Waals surface area contributed by atoms with Crippen LogP contribution in [-0.4, -0.2) is 4.98 Å². The second kappa shape index (κ2) is 6.02. The molecule has 3 nitrogen and oxygen atoms in total. The molecule has 112 valence electrons. The van der Waals surface area contributed by atoms with Crippen molar-refractivity contribution in [2.24, 2.45) is 0 Å². The molecule has 0 saturated carbocycles. The molecule has 1 aromatic carbocycles. The van der Waals surface area contributed by atoms with Crippen LogP contribution in [0, 0.1) is 0 Å². The number of alkyl halides is 2. The van der Waals surface area contributed by atoms with Gasteiger partial charge in [-0.2, -0.15) is 0 Å². The molecule has 0 saturated heterocycles. The Hall–Kier alpha value is -1.62. The quantitative estimate of drug-likeness (QED) is 0.884. The van der Waals surface area contributed by atoms with E-state index in [0.717, 1.165) is 37.1 Å². The highest BCUT2D eigenvalue weighted by Crippen LogP contribution is 2.33. The van der Waals surface area contributed by atoms with Crippen LogP contribution in [0.2, 0.25) is 5.02 Å². The number of hydrogen-bond acceptors (Lipinski definition) is 3. The molecule has 2 aromatic rings. The molecule has 1 aliphatic carbocycles. The Balaban J connectivity index is 1.73. The standard InChI is InChI=1S/C15H15ClF2N2O/c16-14-9(15(17)18)4-3-6-11(14)19-8-13-20-10-5-1-2-7-12(10)21-13/h3-4,6,15,19H,1-2,5,7-8H2. The molecular formula is C15H15ClF2N2O. The number of nitrogens with one attached hydrogen (secondary N) is 1. The average molecular weight is 313 g/mol. The van der Waals surface area contributed by atoms with Crippen molar-refractivity contribution in [2.45, 2.75) is 38.7 Å². The van der Waals surface area contributed by atoms with Gasteiger partial charge in [-0.05, 0) is 25.3 Å². The maximum atomic E-state index is 12.8. The van der Waals surface area contributed by atoms with Crippen molar-refractivity contribution in [1.82, 2.24) is 4.98 Å². The molecule has 1 aliphatic rings. The summed E-state index contributed by atoms with van der Waals surface area (Å²) in [7, 11) is 0. The third kappa shape index (κ3) is 3.02. The Morgan fingerprint density at radius 1 is 1.29 bits per heavy atom. The van der Waals surface area contributed by atoms with Gasteiger partial charge < -0.3 is 9.73 Å². The van der Waals surface area contributed by atoms with Gasteiger partial charge in [0, 0.05) is 12.0 Å². The van der Waals surface area contributed by atoms with E-state index in [0.29, 0.717) is 18.1 Å². The van der Waals surface area contributed by atoms with Crippen LogP contribution in [0.25, 0.3) is 0 Å². The van der Waals surface area contributed by atoms with Crippen molar-refractivity contribution in [3.8, 4) is 0 Å². The Bertz CT molecular complexity index is 619. The van der Waals surface area contributed by atoms with E-state index < -0.39 is 6.43 Å². The Morgan fingerprint density at radius 3 is 2.86 bits per heavy atom. The largest absolute Gasteiger partial charge is 0.443 e. The number of aromatic nitrogens is 1. The summed E-state index contributed by atoms with van der Waals surface area (Å²) in [4.78, 5) is 4.43. The molecule has 1 aromatic heterocycles. The maximum absolute atomic E-state index is 12.8. The lowest BCUT2D eigenvalue weighted by molar-refractivity contribution is 0.151. The predicted molar refractivity (Wildman–Crippen MR) is 76.9 cm³/mol. The molecule has 0 bridgehead atoms. The van der Waals surface area contributed by atoms with Crippen molar-refractivity contribution in [3.63, 3.8) is 0 Å². The number of nitrogens with zero attached hydrogens (tertiary/aromatic N) is 1. The van der Waals surface area contributed by atoms with Gasteiger partial charge in [0.2, 0.25) is 5.89 Å². The Kier molecular flexibility index (Phi) is 4.10. The summed E-state index contributed by atoms with van der Waals surface area (Å²) in [5.74, 6) is 1.52. The Labute approximate surface area is 126 Å². The number of hydrogen-bond donors (Lipinski definition) is 1. The molecule has 0 unspecified atom stereocenters. The van der Waals surface area contributed by atoms with Gasteiger partial charge in [0.15, 0.2) is 0 Å². The van der Waals surface area contributed by atoms with E-state index in [1.807, 2.05) is 0 Å². The molecule has 0 aliphatic heterocycles. The lowest BCUT2D eigenvalue weighted by atomic mass is 10.0. The van der Waals surface area contributed by atoms with Gasteiger partial charge in [0.25, 0.3) is 6.43 Å². The highest BCUT2D eigenvalue weighted by Gasteiger charge is 2.18. The zero-order chi connectivity index (χ0) is 14.8. The second-order valence-corrected chi connectivity index (χ2v) is 5.43. The van der Waals surface area contributed by atoms with E-state index in [1.54, 1.807) is 12.1 Å². The minimum Gasteiger partial charge on any atom is -0.443 e. The van der Waals surface area contributed by atoms with Crippen molar-refractivity contribution in [3.05, 3.63) is 46.1 Å². The summed E-state index contributed by atoms with van der Waals surface area (Å²) >= 11 is 5.98. The topological polar surface area (TPSA) is 38.1 Å². The first kappa shape index (κ1) is 14.3. The number of anilines is 1. The van der Waals surface area contributed by atoms with Gasteiger partial charge in [-0.1, -0.05) is 23.7 Å². The molecule has 1 N–H and O–H groups in total. The number of halogens is 3. The van der Waals surface area contributed by atoms with E-state index >= 15 is 0 Å². The normalized spacial score (nSPS) is 14.3. The fourth-order valence-electron chi connectivity index (χ4n) is 2.51. The molecule has 0 atom stereocenters. The van der Waals surface area contributed by atoms with Gasteiger partial charge in [0.05, 0.1) is 22.9 Å². The van der Waals surface area contributed by atoms with Gasteiger partial charge >= 0.3 is 0 Å². The van der Waals surface area contributed by atoms with Crippen LogP contribution < -0.4 is 5.32 Å². The van der Waals surface area contributed by atoms with Crippen LogP contribution in [0.4, 0.5) is 14.5 Å². The molecule has 6 heteroatoms. The van der Waals surface area contributed by atoms with Crippen LogP contribution >= 0.6 is 11.6 Å². The third-order valence-electron chi connectivity index (χ3n) is 3.58. The van der Waals surface area contributed by atoms with Crippen molar-refractivity contribution >= 4 is 17.3 Å². The molecule has 1 heterocycles. The van der Waals surface area contributed by atoms with E-state index in [-0.39, 0.29) is 10.6 Å². The molecular weight excluding hydrogens is 298 g/mol. The van der Waals surface area contributed by atoms with Gasteiger partial charge in [-0.25, -0.2) is 13.8 Å². The SMILES string of the molecule is FC(F)c1cccc(NCc2nc3c(o2)CCCC3)c1Cl. The summed E-state index contributed by atoms with van der Waals surface area (Å²) in [5, 5.41) is 3.06. The summed E-state index contributed by atoms with van der Waals surface area (Å²) in [6.07, 6.45) is 1.53. The maximum Gasteiger partial charge on any atom is 0.265 e. The summed E-state index contributed by atoms with van der Waals surface area (Å²) < 4.78 is 31.2. The van der Waals surface area contributed by atoms with E-state index in [1.165, 1.54) is 6.07 Å². The molecule has 0 amide bonds. The van der Waals surface area contributed by atoms with Crippen LogP contribution in [-0.2, 0) is 19.4 Å². The molecule has 0 spiro atoms. The van der Waals surface area contributed by atoms with Crippen molar-refractivity contribution in [2.75, 3.05) is 5.32 Å². The lowest BCUT2D eigenvalue weighted by Crippen LogP contribution is -2.02. The first-order valence-corrected chi connectivity index (χ1v) is 7.31. The summed E-state index contributed by atoms with van der Waals surface area (Å²) in [6.45, 7) is 0.333. The molecule has 21 heavy (non-hydrogen) atoms. The zero-order valence-electron chi connectivity index (χ0n) is 11.3. The van der Waals surface area contributed by atoms with Crippen LogP contribution in [0.3, 0.4) is 0 Å². The number of fused-ring (bicyclic) bond motifs is 1. The van der Waals surface area contributed by atoms with Crippen LogP contribution in [0.1, 0.15) is 42.2 Å². The third-order valence-corrected chi connectivity index (χ3v) is 4.01. The fourth-order valence-corrected chi connectivity index (χ4v) is 2.78. The number of oxazole rings is 1.